The summed E-state index contributed by atoms with van der Waals surface area (Å²) < 4.78 is 67.9. The maximum Gasteiger partial charge on any atom is 0.524 e. The number of ether oxygens (including phenoxy) is 3. The molecule has 0 saturated carbocycles. The molecule has 1 atom stereocenters. The first kappa shape index (κ1) is 9.62. The van der Waals surface area contributed by atoms with E-state index in [9.17, 15) is 22.0 Å². The van der Waals surface area contributed by atoms with Gasteiger partial charge in [0, 0.05) is 0 Å². The normalized spacial score (nSPS) is 29.2. The molecule has 12 heavy (non-hydrogen) atoms. The van der Waals surface area contributed by atoms with Crippen molar-refractivity contribution in [2.24, 2.45) is 0 Å². The molecule has 3 nitrogen and oxygen atoms in total. The molecule has 8 heteroatoms. The van der Waals surface area contributed by atoms with Crippen LogP contribution in [0.25, 0.3) is 0 Å². The summed E-state index contributed by atoms with van der Waals surface area (Å²) in [5.74, 6) is 0. The summed E-state index contributed by atoms with van der Waals surface area (Å²) in [5, 5.41) is 0. The van der Waals surface area contributed by atoms with Gasteiger partial charge in [-0.1, -0.05) is 0 Å². The molecule has 1 heterocycles. The topological polar surface area (TPSA) is 27.7 Å². The Morgan fingerprint density at radius 2 is 1.92 bits per heavy atom. The smallest absolute Gasteiger partial charge is 0.290 e. The Kier molecular flexibility index (Phi) is 2.23. The molecular weight excluding hydrogens is 191 g/mol. The molecule has 0 aliphatic carbocycles. The molecule has 1 fully saturated rings. The predicted octanol–water partition coefficient (Wildman–Crippen LogP) is 1.45. The van der Waals surface area contributed by atoms with E-state index in [4.69, 9.17) is 0 Å². The van der Waals surface area contributed by atoms with Gasteiger partial charge in [0.05, 0.1) is 0 Å². The van der Waals surface area contributed by atoms with Gasteiger partial charge in [-0.2, -0.15) is 0 Å². The number of halogens is 5. The Morgan fingerprint density at radius 3 is 2.25 bits per heavy atom. The highest BCUT2D eigenvalue weighted by Crippen LogP contribution is 2.30. The first-order valence-corrected chi connectivity index (χ1v) is 2.73. The first-order chi connectivity index (χ1) is 5.29. The highest BCUT2D eigenvalue weighted by molar-refractivity contribution is 4.53. The molecule has 1 rings (SSSR count). The summed E-state index contributed by atoms with van der Waals surface area (Å²) in [6.45, 7) is -0.952. The van der Waals surface area contributed by atoms with Crippen LogP contribution < -0.4 is 0 Å². The Balaban J connectivity index is 2.39. The first-order valence-electron chi connectivity index (χ1n) is 2.73. The molecule has 0 aromatic rings. The van der Waals surface area contributed by atoms with E-state index in [0.29, 0.717) is 0 Å². The zero-order chi connectivity index (χ0) is 9.41. The number of hydrogen-bond donors (Lipinski definition) is 0. The zero-order valence-corrected chi connectivity index (χ0v) is 5.40. The summed E-state index contributed by atoms with van der Waals surface area (Å²) in [4.78, 5) is 0. The maximum atomic E-state index is 11.9. The molecule has 1 aliphatic heterocycles. The van der Waals surface area contributed by atoms with Crippen LogP contribution in [0.1, 0.15) is 0 Å². The SMILES string of the molecule is FC(F)(F)OC1COC(F)(F)O1. The average molecular weight is 194 g/mol. The van der Waals surface area contributed by atoms with Crippen LogP contribution in [0.5, 0.6) is 0 Å². The highest BCUT2D eigenvalue weighted by atomic mass is 19.4. The molecular formula is C4H3F5O3. The van der Waals surface area contributed by atoms with Crippen molar-refractivity contribution in [3.05, 3.63) is 0 Å². The lowest BCUT2D eigenvalue weighted by Gasteiger charge is -2.11. The molecule has 1 unspecified atom stereocenters. The van der Waals surface area contributed by atoms with Gasteiger partial charge in [-0.25, -0.2) is 0 Å². The van der Waals surface area contributed by atoms with E-state index in [-0.39, 0.29) is 0 Å². The van der Waals surface area contributed by atoms with Crippen molar-refractivity contribution in [1.29, 1.82) is 0 Å². The van der Waals surface area contributed by atoms with Crippen molar-refractivity contribution in [2.75, 3.05) is 6.61 Å². The molecule has 0 bridgehead atoms. The van der Waals surface area contributed by atoms with Crippen LogP contribution in [0.15, 0.2) is 0 Å². The third kappa shape index (κ3) is 2.88. The van der Waals surface area contributed by atoms with Gasteiger partial charge in [0.1, 0.15) is 6.61 Å². The molecule has 0 N–H and O–H groups in total. The van der Waals surface area contributed by atoms with Crippen LogP contribution in [0.4, 0.5) is 22.0 Å². The second kappa shape index (κ2) is 2.79. The molecule has 72 valence electrons. The highest BCUT2D eigenvalue weighted by Gasteiger charge is 2.47. The van der Waals surface area contributed by atoms with Gasteiger partial charge in [0.2, 0.25) is 0 Å². The Morgan fingerprint density at radius 1 is 1.33 bits per heavy atom. The lowest BCUT2D eigenvalue weighted by Crippen LogP contribution is -2.26. The van der Waals surface area contributed by atoms with Crippen molar-refractivity contribution in [3.8, 4) is 0 Å². The molecule has 0 spiro atoms. The minimum absolute atomic E-state index is 0.952. The van der Waals surface area contributed by atoms with Crippen LogP contribution in [-0.2, 0) is 14.2 Å². The van der Waals surface area contributed by atoms with E-state index < -0.39 is 25.6 Å². The van der Waals surface area contributed by atoms with Gasteiger partial charge in [-0.05, 0) is 0 Å². The van der Waals surface area contributed by atoms with Crippen LogP contribution in [-0.4, -0.2) is 25.6 Å². The third-order valence-corrected chi connectivity index (χ3v) is 0.921. The molecule has 0 amide bonds. The fraction of sp³-hybridized carbons (Fsp3) is 1.00. The summed E-state index contributed by atoms with van der Waals surface area (Å²) in [7, 11) is 0. The fourth-order valence-electron chi connectivity index (χ4n) is 0.593. The summed E-state index contributed by atoms with van der Waals surface area (Å²) >= 11 is 0. The van der Waals surface area contributed by atoms with Crippen LogP contribution >= 0.6 is 0 Å². The zero-order valence-electron chi connectivity index (χ0n) is 5.40. The lowest BCUT2D eigenvalue weighted by molar-refractivity contribution is -0.409. The number of alkyl halides is 5. The Hall–Kier alpha value is -0.470. The van der Waals surface area contributed by atoms with Crippen LogP contribution in [0.2, 0.25) is 0 Å². The van der Waals surface area contributed by atoms with Crippen LogP contribution in [0.3, 0.4) is 0 Å². The largest absolute Gasteiger partial charge is 0.524 e. The quantitative estimate of drug-likeness (QED) is 0.591. The lowest BCUT2D eigenvalue weighted by atomic mass is 10.7. The summed E-state index contributed by atoms with van der Waals surface area (Å²) in [6, 6.07) is 0. The van der Waals surface area contributed by atoms with Gasteiger partial charge >= 0.3 is 12.7 Å². The predicted molar refractivity (Wildman–Crippen MR) is 22.9 cm³/mol. The van der Waals surface area contributed by atoms with Gasteiger partial charge in [-0.3, -0.25) is 14.2 Å². The van der Waals surface area contributed by atoms with Gasteiger partial charge in [0.15, 0.2) is 6.29 Å². The Bertz CT molecular complexity index is 167. The molecule has 0 aromatic heterocycles. The third-order valence-electron chi connectivity index (χ3n) is 0.921. The molecule has 1 aliphatic rings. The fourth-order valence-corrected chi connectivity index (χ4v) is 0.593. The average Bonchev–Trinajstić information content (AvgIpc) is 2.05. The van der Waals surface area contributed by atoms with E-state index in [1.165, 1.54) is 0 Å². The number of hydrogen-bond acceptors (Lipinski definition) is 3. The Labute approximate surface area is 63.0 Å². The van der Waals surface area contributed by atoms with E-state index in [1.54, 1.807) is 0 Å². The standard InChI is InChI=1S/C4H3F5O3/c5-3(6,7)11-2-1-10-4(8,9)12-2/h2H,1H2. The van der Waals surface area contributed by atoms with E-state index in [0.717, 1.165) is 0 Å². The molecule has 1 saturated heterocycles. The minimum atomic E-state index is -5.01. The van der Waals surface area contributed by atoms with Gasteiger partial charge in [-0.15, -0.1) is 22.0 Å². The van der Waals surface area contributed by atoms with Gasteiger partial charge in [0.25, 0.3) is 0 Å². The number of rotatable bonds is 1. The van der Waals surface area contributed by atoms with Crippen molar-refractivity contribution in [3.63, 3.8) is 0 Å². The molecule has 0 aromatic carbocycles. The van der Waals surface area contributed by atoms with Gasteiger partial charge < -0.3 is 0 Å². The minimum Gasteiger partial charge on any atom is -0.290 e. The van der Waals surface area contributed by atoms with E-state index in [1.807, 2.05) is 0 Å². The van der Waals surface area contributed by atoms with Crippen molar-refractivity contribution < 1.29 is 36.2 Å². The van der Waals surface area contributed by atoms with Crippen molar-refractivity contribution in [2.45, 2.75) is 18.9 Å². The van der Waals surface area contributed by atoms with Crippen LogP contribution in [0, 0.1) is 0 Å². The van der Waals surface area contributed by atoms with E-state index in [2.05, 4.69) is 14.2 Å². The second-order valence-corrected chi connectivity index (χ2v) is 1.89. The maximum absolute atomic E-state index is 11.9. The monoisotopic (exact) mass is 194 g/mol. The molecule has 0 radical (unpaired) electrons. The van der Waals surface area contributed by atoms with Crippen molar-refractivity contribution >= 4 is 0 Å². The second-order valence-electron chi connectivity index (χ2n) is 1.89. The summed E-state index contributed by atoms with van der Waals surface area (Å²) in [5.41, 5.74) is 0. The van der Waals surface area contributed by atoms with Crippen molar-refractivity contribution in [1.82, 2.24) is 0 Å². The van der Waals surface area contributed by atoms with E-state index >= 15 is 0 Å². The summed E-state index contributed by atoms with van der Waals surface area (Å²) in [6.07, 6.45) is -11.1.